The van der Waals surface area contributed by atoms with Gasteiger partial charge in [0.2, 0.25) is 0 Å². The van der Waals surface area contributed by atoms with Crippen LogP contribution < -0.4 is 0 Å². The summed E-state index contributed by atoms with van der Waals surface area (Å²) in [6, 6.07) is 0. The minimum atomic E-state index is -5.11. The van der Waals surface area contributed by atoms with E-state index in [1.54, 1.807) is 0 Å². The van der Waals surface area contributed by atoms with Crippen LogP contribution in [0.15, 0.2) is 36.5 Å². The first-order chi connectivity index (χ1) is 25.4. The van der Waals surface area contributed by atoms with E-state index in [0.29, 0.717) is 12.8 Å². The van der Waals surface area contributed by atoms with Crippen molar-refractivity contribution in [3.8, 4) is 0 Å². The van der Waals surface area contributed by atoms with Crippen molar-refractivity contribution in [3.05, 3.63) is 36.5 Å². The lowest BCUT2D eigenvalue weighted by Crippen LogP contribution is -2.64. The Labute approximate surface area is 317 Å². The van der Waals surface area contributed by atoms with E-state index in [1.807, 2.05) is 24.3 Å². The number of carbonyl (C=O) groups is 2. The van der Waals surface area contributed by atoms with Gasteiger partial charge in [-0.15, -0.1) is 0 Å². The minimum Gasteiger partial charge on any atom is -0.462 e. The van der Waals surface area contributed by atoms with Crippen molar-refractivity contribution in [1.82, 2.24) is 0 Å². The molecule has 0 bridgehead atoms. The molecule has 1 fully saturated rings. The number of unbranched alkanes of at least 4 members (excludes halogenated alkanes) is 15. The Morgan fingerprint density at radius 2 is 1.08 bits per heavy atom. The fourth-order valence-corrected chi connectivity index (χ4v) is 6.79. The van der Waals surface area contributed by atoms with E-state index in [9.17, 15) is 44.6 Å². The van der Waals surface area contributed by atoms with Crippen LogP contribution in [0.2, 0.25) is 0 Å². The van der Waals surface area contributed by atoms with Crippen molar-refractivity contribution in [2.24, 2.45) is 0 Å². The van der Waals surface area contributed by atoms with Crippen molar-refractivity contribution >= 4 is 19.8 Å². The number of hydrogen-bond donors (Lipinski definition) is 6. The van der Waals surface area contributed by atoms with Crippen molar-refractivity contribution in [2.75, 3.05) is 13.2 Å². The van der Waals surface area contributed by atoms with E-state index >= 15 is 0 Å². The first kappa shape index (κ1) is 49.1. The molecule has 6 N–H and O–H groups in total. The third kappa shape index (κ3) is 23.6. The zero-order valence-corrected chi connectivity index (χ0v) is 32.9. The van der Waals surface area contributed by atoms with E-state index in [-0.39, 0.29) is 12.8 Å². The number of aliphatic hydroxyl groups excluding tert-OH is 5. The van der Waals surface area contributed by atoms with Gasteiger partial charge in [0, 0.05) is 12.8 Å². The molecule has 53 heavy (non-hydrogen) atoms. The zero-order chi connectivity index (χ0) is 39.3. The summed E-state index contributed by atoms with van der Waals surface area (Å²) in [6.07, 6.45) is 17.9. The van der Waals surface area contributed by atoms with Gasteiger partial charge >= 0.3 is 19.8 Å². The Morgan fingerprint density at radius 3 is 1.62 bits per heavy atom. The molecule has 14 heteroatoms. The van der Waals surface area contributed by atoms with Gasteiger partial charge in [0.25, 0.3) is 0 Å². The SMILES string of the molecule is CC/C=C/C=C/C=C/CCCCCCCC(=O)OC(COC(=O)CCCCCCCCCCCCC)COP(=O)(O)OC1C(O)C(O)C(O)[C@@H](O)C1O. The molecule has 0 amide bonds. The molecule has 0 aromatic heterocycles. The minimum absolute atomic E-state index is 0.0744. The summed E-state index contributed by atoms with van der Waals surface area (Å²) in [5, 5.41) is 49.9. The van der Waals surface area contributed by atoms with Gasteiger partial charge in [-0.1, -0.05) is 134 Å². The van der Waals surface area contributed by atoms with Gasteiger partial charge in [-0.3, -0.25) is 18.6 Å². The summed E-state index contributed by atoms with van der Waals surface area (Å²) in [4.78, 5) is 35.4. The highest BCUT2D eigenvalue weighted by molar-refractivity contribution is 7.47. The average Bonchev–Trinajstić information content (AvgIpc) is 3.13. The number of rotatable bonds is 31. The van der Waals surface area contributed by atoms with E-state index in [0.717, 1.165) is 57.8 Å². The summed E-state index contributed by atoms with van der Waals surface area (Å²) in [5.74, 6) is -1.13. The predicted molar refractivity (Wildman–Crippen MR) is 203 cm³/mol. The second kappa shape index (κ2) is 30.3. The van der Waals surface area contributed by atoms with E-state index < -0.39 is 75.7 Å². The maximum absolute atomic E-state index is 12.7. The largest absolute Gasteiger partial charge is 0.472 e. The van der Waals surface area contributed by atoms with Crippen molar-refractivity contribution in [1.29, 1.82) is 0 Å². The Bertz CT molecular complexity index is 1080. The highest BCUT2D eigenvalue weighted by Gasteiger charge is 2.51. The molecule has 308 valence electrons. The second-order valence-electron chi connectivity index (χ2n) is 13.8. The van der Waals surface area contributed by atoms with Crippen molar-refractivity contribution in [3.63, 3.8) is 0 Å². The molecule has 0 aromatic carbocycles. The molecule has 8 atom stereocenters. The first-order valence-electron chi connectivity index (χ1n) is 19.8. The Morgan fingerprint density at radius 1 is 0.604 bits per heavy atom. The first-order valence-corrected chi connectivity index (χ1v) is 21.3. The molecule has 1 aliphatic rings. The van der Waals surface area contributed by atoms with Gasteiger partial charge in [-0.05, 0) is 32.1 Å². The molecule has 0 aromatic rings. The number of esters is 2. The van der Waals surface area contributed by atoms with E-state index in [4.69, 9.17) is 18.5 Å². The molecule has 1 aliphatic carbocycles. The maximum atomic E-state index is 12.7. The van der Waals surface area contributed by atoms with Gasteiger partial charge in [-0.25, -0.2) is 4.57 Å². The number of aliphatic hydroxyl groups is 5. The fourth-order valence-electron chi connectivity index (χ4n) is 5.82. The Hall–Kier alpha value is -1.93. The van der Waals surface area contributed by atoms with Crippen LogP contribution >= 0.6 is 7.82 Å². The molecule has 0 saturated heterocycles. The topological polar surface area (TPSA) is 210 Å². The van der Waals surface area contributed by atoms with Crippen molar-refractivity contribution in [2.45, 2.75) is 185 Å². The lowest BCUT2D eigenvalue weighted by atomic mass is 9.85. The lowest BCUT2D eigenvalue weighted by molar-refractivity contribution is -0.220. The Balaban J connectivity index is 2.55. The second-order valence-corrected chi connectivity index (χ2v) is 15.2. The number of hydrogen-bond acceptors (Lipinski definition) is 12. The van der Waals surface area contributed by atoms with Gasteiger partial charge in [0.05, 0.1) is 6.61 Å². The standard InChI is InChI=1S/C39H69O13P/c1-3-5-7-9-11-13-15-16-18-20-22-24-26-28-33(41)51-31(29-49-32(40)27-25-23-21-19-17-14-12-10-8-6-4-2)30-50-53(47,48)52-39-37(45)35(43)34(42)36(44)38(39)46/h5,7,9,11,13,15,31,34-39,42-46H,3-4,6,8,10,12,14,16-30H2,1-2H3,(H,47,48)/b7-5+,11-9+,15-13+/t31?,34?,35-,36?,37?,38?,39?/m1/s1. The number of ether oxygens (including phenoxy) is 2. The summed E-state index contributed by atoms with van der Waals surface area (Å²) in [7, 11) is -5.11. The number of phosphoric acid groups is 1. The van der Waals surface area contributed by atoms with E-state index in [2.05, 4.69) is 26.0 Å². The van der Waals surface area contributed by atoms with Crippen LogP contribution in [0.1, 0.15) is 142 Å². The van der Waals surface area contributed by atoms with E-state index in [1.165, 1.54) is 44.9 Å². The lowest BCUT2D eigenvalue weighted by Gasteiger charge is -2.41. The highest BCUT2D eigenvalue weighted by Crippen LogP contribution is 2.47. The number of phosphoric ester groups is 1. The molecule has 1 saturated carbocycles. The Kier molecular flexibility index (Phi) is 28.1. The molecule has 0 radical (unpaired) electrons. The van der Waals surface area contributed by atoms with Crippen LogP contribution in [0.5, 0.6) is 0 Å². The summed E-state index contributed by atoms with van der Waals surface area (Å²) >= 11 is 0. The molecule has 0 spiro atoms. The summed E-state index contributed by atoms with van der Waals surface area (Å²) in [6.45, 7) is 3.10. The third-order valence-corrected chi connectivity index (χ3v) is 10.0. The van der Waals surface area contributed by atoms with Crippen LogP contribution in [0.25, 0.3) is 0 Å². The van der Waals surface area contributed by atoms with Crippen LogP contribution in [0.4, 0.5) is 0 Å². The van der Waals surface area contributed by atoms with Crippen LogP contribution in [-0.2, 0) is 32.7 Å². The quantitative estimate of drug-likeness (QED) is 0.0199. The monoisotopic (exact) mass is 776 g/mol. The predicted octanol–water partition coefficient (Wildman–Crippen LogP) is 6.27. The highest BCUT2D eigenvalue weighted by atomic mass is 31.2. The van der Waals surface area contributed by atoms with Crippen molar-refractivity contribution < 1.29 is 63.1 Å². The smallest absolute Gasteiger partial charge is 0.462 e. The number of allylic oxidation sites excluding steroid dienone is 6. The molecule has 0 heterocycles. The third-order valence-electron chi connectivity index (χ3n) is 9.06. The van der Waals surface area contributed by atoms with Gasteiger partial charge in [0.1, 0.15) is 43.2 Å². The van der Waals surface area contributed by atoms with Crippen LogP contribution in [0.3, 0.4) is 0 Å². The van der Waals surface area contributed by atoms with Gasteiger partial charge < -0.3 is 39.9 Å². The molecular formula is C39H69O13P. The summed E-state index contributed by atoms with van der Waals surface area (Å²) < 4.78 is 33.3. The fraction of sp³-hybridized carbons (Fsp3) is 0.795. The average molecular weight is 777 g/mol. The van der Waals surface area contributed by atoms with Crippen LogP contribution in [0, 0.1) is 0 Å². The normalized spacial score (nSPS) is 23.8. The molecule has 0 aliphatic heterocycles. The number of carbonyl (C=O) groups excluding carboxylic acids is 2. The summed E-state index contributed by atoms with van der Waals surface area (Å²) in [5.41, 5.74) is 0. The molecule has 1 rings (SSSR count). The maximum Gasteiger partial charge on any atom is 0.472 e. The molecule has 13 nitrogen and oxygen atoms in total. The molecular weight excluding hydrogens is 707 g/mol. The molecule has 7 unspecified atom stereocenters. The van der Waals surface area contributed by atoms with Crippen LogP contribution in [-0.4, -0.2) is 98.3 Å². The van der Waals surface area contributed by atoms with Gasteiger partial charge in [-0.2, -0.15) is 0 Å². The van der Waals surface area contributed by atoms with Gasteiger partial charge in [0.15, 0.2) is 6.10 Å². The zero-order valence-electron chi connectivity index (χ0n) is 32.1.